The van der Waals surface area contributed by atoms with E-state index in [2.05, 4.69) is 17.5 Å². The zero-order valence-electron chi connectivity index (χ0n) is 8.29. The fourth-order valence-electron chi connectivity index (χ4n) is 2.56. The van der Waals surface area contributed by atoms with Crippen LogP contribution in [0.2, 0.25) is 0 Å². The summed E-state index contributed by atoms with van der Waals surface area (Å²) in [4.78, 5) is 0. The third kappa shape index (κ3) is 1.52. The van der Waals surface area contributed by atoms with Crippen molar-refractivity contribution < 1.29 is 15.2 Å². The minimum atomic E-state index is -0.222. The zero-order valence-corrected chi connectivity index (χ0v) is 8.29. The van der Waals surface area contributed by atoms with E-state index in [1.54, 1.807) is 0 Å². The summed E-state index contributed by atoms with van der Waals surface area (Å²) in [6.45, 7) is 2.94. The van der Waals surface area contributed by atoms with Gasteiger partial charge in [0.05, 0.1) is 18.8 Å². The molecule has 0 aliphatic carbocycles. The molecule has 13 heavy (non-hydrogen) atoms. The third-order valence-electron chi connectivity index (χ3n) is 2.95. The molecule has 0 aromatic carbocycles. The molecule has 74 valence electrons. The number of likely N-dealkylation sites (N-methyl/N-ethyl adjacent to an activating group) is 1. The molecule has 3 N–H and O–H groups in total. The fourth-order valence-corrected chi connectivity index (χ4v) is 2.56. The van der Waals surface area contributed by atoms with E-state index in [1.165, 1.54) is 0 Å². The second-order valence-corrected chi connectivity index (χ2v) is 4.49. The summed E-state index contributed by atoms with van der Waals surface area (Å²) in [7, 11) is 2.03. The second-order valence-electron chi connectivity index (χ2n) is 4.49. The Balaban J connectivity index is 2.19. The van der Waals surface area contributed by atoms with E-state index in [0.29, 0.717) is 0 Å². The molecule has 3 atom stereocenters. The molecule has 0 spiro atoms. The highest BCUT2D eigenvalue weighted by atomic mass is 16.5. The number of quaternary nitrogens is 1. The van der Waals surface area contributed by atoms with Crippen LogP contribution in [0.1, 0.15) is 19.8 Å². The lowest BCUT2D eigenvalue weighted by Gasteiger charge is -2.39. The molecule has 2 aliphatic heterocycles. The average Bonchev–Trinajstić information content (AvgIpc) is 2.22. The molecular weight excluding hydrogens is 166 g/mol. The molecule has 3 heteroatoms. The molecular formula is C10H18NO2+. The predicted molar refractivity (Wildman–Crippen MR) is 49.3 cm³/mol. The minimum absolute atomic E-state index is 0.207. The van der Waals surface area contributed by atoms with Crippen LogP contribution in [0.3, 0.4) is 0 Å². The van der Waals surface area contributed by atoms with E-state index in [-0.39, 0.29) is 17.3 Å². The van der Waals surface area contributed by atoms with Crippen molar-refractivity contribution in [1.82, 2.24) is 0 Å². The first-order valence-corrected chi connectivity index (χ1v) is 4.94. The van der Waals surface area contributed by atoms with Gasteiger partial charge in [-0.3, -0.25) is 0 Å². The van der Waals surface area contributed by atoms with Gasteiger partial charge in [-0.15, -0.1) is 0 Å². The molecule has 0 radical (unpaired) electrons. The lowest BCUT2D eigenvalue weighted by molar-refractivity contribution is -0.640. The van der Waals surface area contributed by atoms with E-state index in [9.17, 15) is 5.11 Å². The highest BCUT2D eigenvalue weighted by Crippen LogP contribution is 2.42. The zero-order chi connectivity index (χ0) is 9.53. The SMILES string of the molecule is C[NH2+]C[C@@]12C=C[C@@](C)(C[C@@H](O)C1)O2. The Morgan fingerprint density at radius 2 is 2.31 bits per heavy atom. The van der Waals surface area contributed by atoms with Crippen molar-refractivity contribution in [3.63, 3.8) is 0 Å². The van der Waals surface area contributed by atoms with Gasteiger partial charge in [-0.1, -0.05) is 6.08 Å². The van der Waals surface area contributed by atoms with Crippen molar-refractivity contribution in [2.24, 2.45) is 0 Å². The Hall–Kier alpha value is -0.380. The number of hydrogen-bond acceptors (Lipinski definition) is 2. The number of rotatable bonds is 2. The molecule has 0 unspecified atom stereocenters. The maximum absolute atomic E-state index is 9.71. The lowest BCUT2D eigenvalue weighted by Crippen LogP contribution is -2.84. The van der Waals surface area contributed by atoms with Gasteiger partial charge in [0.2, 0.25) is 0 Å². The third-order valence-corrected chi connectivity index (χ3v) is 2.95. The maximum atomic E-state index is 9.71. The number of fused-ring (bicyclic) bond motifs is 2. The van der Waals surface area contributed by atoms with Gasteiger partial charge in [0, 0.05) is 12.8 Å². The van der Waals surface area contributed by atoms with Gasteiger partial charge in [-0.25, -0.2) is 0 Å². The van der Waals surface area contributed by atoms with Crippen LogP contribution in [0.15, 0.2) is 12.2 Å². The summed E-state index contributed by atoms with van der Waals surface area (Å²) in [5, 5.41) is 11.8. The van der Waals surface area contributed by atoms with E-state index < -0.39 is 0 Å². The van der Waals surface area contributed by atoms with Crippen molar-refractivity contribution in [3.8, 4) is 0 Å². The average molecular weight is 184 g/mol. The smallest absolute Gasteiger partial charge is 0.138 e. The normalized spacial score (nSPS) is 48.4. The molecule has 0 amide bonds. The fraction of sp³-hybridized carbons (Fsp3) is 0.800. The van der Waals surface area contributed by atoms with Crippen LogP contribution in [0, 0.1) is 0 Å². The van der Waals surface area contributed by atoms with Crippen molar-refractivity contribution in [2.75, 3.05) is 13.6 Å². The van der Waals surface area contributed by atoms with Crippen LogP contribution in [0.25, 0.3) is 0 Å². The Labute approximate surface area is 78.8 Å². The molecule has 1 saturated heterocycles. The van der Waals surface area contributed by atoms with Gasteiger partial charge in [0.1, 0.15) is 12.1 Å². The van der Waals surface area contributed by atoms with Gasteiger partial charge in [0.15, 0.2) is 0 Å². The first kappa shape index (κ1) is 9.19. The summed E-state index contributed by atoms with van der Waals surface area (Å²) in [5.74, 6) is 0. The maximum Gasteiger partial charge on any atom is 0.138 e. The highest BCUT2D eigenvalue weighted by Gasteiger charge is 2.49. The van der Waals surface area contributed by atoms with Crippen LogP contribution in [-0.2, 0) is 4.74 Å². The van der Waals surface area contributed by atoms with E-state index in [4.69, 9.17) is 4.74 Å². The molecule has 3 nitrogen and oxygen atoms in total. The number of aliphatic hydroxyl groups is 1. The summed E-state index contributed by atoms with van der Waals surface area (Å²) >= 11 is 0. The first-order chi connectivity index (χ1) is 6.08. The molecule has 2 heterocycles. The summed E-state index contributed by atoms with van der Waals surface area (Å²) < 4.78 is 5.98. The Kier molecular flexibility index (Phi) is 1.98. The van der Waals surface area contributed by atoms with Crippen LogP contribution >= 0.6 is 0 Å². The molecule has 2 bridgehead atoms. The van der Waals surface area contributed by atoms with Crippen molar-refractivity contribution in [2.45, 2.75) is 37.1 Å². The standard InChI is InChI=1S/C10H17NO2/c1-9-3-4-10(13-9,7-11-2)6-8(12)5-9/h3-4,8,11-12H,5-7H2,1-2H3/p+1/t8-,9+,10-/m1/s1. The second kappa shape index (κ2) is 2.80. The quantitative estimate of drug-likeness (QED) is 0.564. The summed E-state index contributed by atoms with van der Waals surface area (Å²) in [6, 6.07) is 0. The minimum Gasteiger partial charge on any atom is -0.393 e. The van der Waals surface area contributed by atoms with Gasteiger partial charge in [-0.2, -0.15) is 0 Å². The van der Waals surface area contributed by atoms with Gasteiger partial charge >= 0.3 is 0 Å². The van der Waals surface area contributed by atoms with Gasteiger partial charge < -0.3 is 15.2 Å². The molecule has 2 aliphatic rings. The van der Waals surface area contributed by atoms with Crippen LogP contribution in [-0.4, -0.2) is 36.0 Å². The molecule has 0 aromatic heterocycles. The van der Waals surface area contributed by atoms with E-state index in [1.807, 2.05) is 14.0 Å². The number of nitrogens with two attached hydrogens (primary N) is 1. The van der Waals surface area contributed by atoms with Crippen LogP contribution in [0.4, 0.5) is 0 Å². The monoisotopic (exact) mass is 184 g/mol. The molecule has 0 saturated carbocycles. The lowest BCUT2D eigenvalue weighted by atomic mass is 9.90. The van der Waals surface area contributed by atoms with Crippen molar-refractivity contribution in [1.29, 1.82) is 0 Å². The van der Waals surface area contributed by atoms with Gasteiger partial charge in [0.25, 0.3) is 0 Å². The van der Waals surface area contributed by atoms with Crippen LogP contribution in [0.5, 0.6) is 0 Å². The first-order valence-electron chi connectivity index (χ1n) is 4.94. The Morgan fingerprint density at radius 3 is 3.00 bits per heavy atom. The van der Waals surface area contributed by atoms with Crippen LogP contribution < -0.4 is 5.32 Å². The van der Waals surface area contributed by atoms with Crippen molar-refractivity contribution >= 4 is 0 Å². The summed E-state index contributed by atoms with van der Waals surface area (Å²) in [6.07, 6.45) is 5.49. The molecule has 0 aromatic rings. The molecule has 1 fully saturated rings. The Bertz CT molecular complexity index is 241. The highest BCUT2D eigenvalue weighted by molar-refractivity contribution is 5.21. The van der Waals surface area contributed by atoms with E-state index >= 15 is 0 Å². The Morgan fingerprint density at radius 1 is 1.54 bits per heavy atom. The van der Waals surface area contributed by atoms with Crippen molar-refractivity contribution in [3.05, 3.63) is 12.2 Å². The number of hydrogen-bond donors (Lipinski definition) is 2. The summed E-state index contributed by atoms with van der Waals surface area (Å²) in [5.41, 5.74) is -0.429. The van der Waals surface area contributed by atoms with Gasteiger partial charge in [-0.05, 0) is 13.0 Å². The molecule has 2 rings (SSSR count). The predicted octanol–water partition coefficient (Wildman–Crippen LogP) is -0.582. The number of aliphatic hydroxyl groups excluding tert-OH is 1. The largest absolute Gasteiger partial charge is 0.393 e. The van der Waals surface area contributed by atoms with E-state index in [0.717, 1.165) is 19.4 Å². The topological polar surface area (TPSA) is 46.1 Å². The number of ether oxygens (including phenoxy) is 1.